The Morgan fingerprint density at radius 2 is 1.00 bits per heavy atom. The summed E-state index contributed by atoms with van der Waals surface area (Å²) < 4.78 is 15.8. The summed E-state index contributed by atoms with van der Waals surface area (Å²) in [6.07, 6.45) is 19.1. The monoisotopic (exact) mass is 303 g/mol. The molecule has 0 N–H and O–H groups in total. The summed E-state index contributed by atoms with van der Waals surface area (Å²) in [6, 6.07) is 0. The van der Waals surface area contributed by atoms with Gasteiger partial charge in [-0.15, -0.1) is 4.52 Å². The van der Waals surface area contributed by atoms with Crippen molar-refractivity contribution in [3.05, 3.63) is 0 Å². The molecule has 1 unspecified atom stereocenters. The molecule has 0 aliphatic carbocycles. The first-order chi connectivity index (χ1) is 9.77. The largest absolute Gasteiger partial charge is 0.504 e. The lowest BCUT2D eigenvalue weighted by atomic mass is 10.0. The predicted molar refractivity (Wildman–Crippen MR) is 89.8 cm³/mol. The molecular formula is C17H36O2P+. The molecule has 0 aromatic carbocycles. The Balaban J connectivity index is 2.94. The molecule has 0 aromatic heterocycles. The van der Waals surface area contributed by atoms with Gasteiger partial charge in [-0.1, -0.05) is 90.4 Å². The average Bonchev–Trinajstić information content (AvgIpc) is 2.43. The highest BCUT2D eigenvalue weighted by molar-refractivity contribution is 7.38. The van der Waals surface area contributed by atoms with E-state index in [1.54, 1.807) is 6.66 Å². The maximum Gasteiger partial charge on any atom is 0.504 e. The Hall–Kier alpha value is 0.0600. The molecule has 20 heavy (non-hydrogen) atoms. The summed E-state index contributed by atoms with van der Waals surface area (Å²) >= 11 is 0. The van der Waals surface area contributed by atoms with Crippen LogP contribution >= 0.6 is 8.03 Å². The molecule has 0 spiro atoms. The molecule has 0 amide bonds. The summed E-state index contributed by atoms with van der Waals surface area (Å²) in [7, 11) is -1.39. The van der Waals surface area contributed by atoms with Crippen molar-refractivity contribution in [2.75, 3.05) is 13.3 Å². The second-order valence-electron chi connectivity index (χ2n) is 5.87. The number of hydrogen-bond donors (Lipinski definition) is 0. The van der Waals surface area contributed by atoms with Crippen LogP contribution in [-0.4, -0.2) is 13.3 Å². The van der Waals surface area contributed by atoms with Gasteiger partial charge in [0.05, 0.1) is 0 Å². The van der Waals surface area contributed by atoms with Crippen LogP contribution in [0.4, 0.5) is 0 Å². The molecule has 0 saturated heterocycles. The first-order valence-electron chi connectivity index (χ1n) is 8.81. The Kier molecular flexibility index (Phi) is 17.2. The van der Waals surface area contributed by atoms with Gasteiger partial charge in [-0.05, 0) is 11.0 Å². The van der Waals surface area contributed by atoms with Crippen molar-refractivity contribution in [3.8, 4) is 0 Å². The van der Waals surface area contributed by atoms with Crippen molar-refractivity contribution >= 4 is 8.03 Å². The highest BCUT2D eigenvalue weighted by Crippen LogP contribution is 2.16. The van der Waals surface area contributed by atoms with Crippen molar-refractivity contribution in [3.63, 3.8) is 0 Å². The van der Waals surface area contributed by atoms with Crippen LogP contribution in [0.3, 0.4) is 0 Å². The van der Waals surface area contributed by atoms with E-state index < -0.39 is 8.03 Å². The smallest absolute Gasteiger partial charge is 0.147 e. The van der Waals surface area contributed by atoms with Gasteiger partial charge in [0.25, 0.3) is 0 Å². The number of unbranched alkanes of at least 4 members (excludes halogenated alkanes) is 13. The maximum atomic E-state index is 10.7. The van der Waals surface area contributed by atoms with Gasteiger partial charge in [0, 0.05) is 0 Å². The van der Waals surface area contributed by atoms with E-state index in [1.165, 1.54) is 83.5 Å². The fraction of sp³-hybridized carbons (Fsp3) is 1.00. The van der Waals surface area contributed by atoms with E-state index >= 15 is 0 Å². The normalized spacial score (nSPS) is 11.8. The van der Waals surface area contributed by atoms with Crippen molar-refractivity contribution in [2.24, 2.45) is 0 Å². The molecule has 0 rings (SSSR count). The van der Waals surface area contributed by atoms with Crippen molar-refractivity contribution in [1.29, 1.82) is 0 Å². The van der Waals surface area contributed by atoms with Gasteiger partial charge >= 0.3 is 8.03 Å². The third-order valence-electron chi connectivity index (χ3n) is 3.77. The second kappa shape index (κ2) is 17.1. The van der Waals surface area contributed by atoms with E-state index in [9.17, 15) is 4.57 Å². The van der Waals surface area contributed by atoms with E-state index in [2.05, 4.69) is 6.92 Å². The third kappa shape index (κ3) is 18.1. The zero-order chi connectivity index (χ0) is 14.9. The molecule has 3 heteroatoms. The molecule has 0 heterocycles. The molecule has 2 nitrogen and oxygen atoms in total. The SMILES string of the molecule is CCCCCCCCCCCCCCCCO[P+](C)=O. The molecule has 0 aliphatic rings. The van der Waals surface area contributed by atoms with Gasteiger partial charge in [0.1, 0.15) is 6.61 Å². The lowest BCUT2D eigenvalue weighted by Crippen LogP contribution is -1.87. The van der Waals surface area contributed by atoms with E-state index in [1.807, 2.05) is 0 Å². The Bertz CT molecular complexity index is 207. The van der Waals surface area contributed by atoms with Crippen LogP contribution in [0.15, 0.2) is 0 Å². The minimum absolute atomic E-state index is 0.670. The summed E-state index contributed by atoms with van der Waals surface area (Å²) in [5, 5.41) is 0. The molecule has 120 valence electrons. The maximum absolute atomic E-state index is 10.7. The van der Waals surface area contributed by atoms with E-state index in [4.69, 9.17) is 4.52 Å². The second-order valence-corrected chi connectivity index (χ2v) is 7.01. The average molecular weight is 303 g/mol. The van der Waals surface area contributed by atoms with Crippen molar-refractivity contribution in [1.82, 2.24) is 0 Å². The number of rotatable bonds is 16. The quantitative estimate of drug-likeness (QED) is 0.230. The first-order valence-corrected chi connectivity index (χ1v) is 10.4. The van der Waals surface area contributed by atoms with Crippen LogP contribution in [-0.2, 0) is 9.09 Å². The summed E-state index contributed by atoms with van der Waals surface area (Å²) in [5.74, 6) is 0. The molecule has 1 atom stereocenters. The third-order valence-corrected chi connectivity index (χ3v) is 4.32. The molecule has 0 aromatic rings. The highest BCUT2D eigenvalue weighted by atomic mass is 31.1. The number of hydrogen-bond acceptors (Lipinski definition) is 2. The molecule has 0 saturated carbocycles. The fourth-order valence-corrected chi connectivity index (χ4v) is 2.88. The molecule has 0 fully saturated rings. The van der Waals surface area contributed by atoms with Gasteiger partial charge in [-0.25, -0.2) is 0 Å². The van der Waals surface area contributed by atoms with Gasteiger partial charge in [0.15, 0.2) is 6.66 Å². The van der Waals surface area contributed by atoms with Crippen LogP contribution in [0.5, 0.6) is 0 Å². The molecule has 0 aliphatic heterocycles. The van der Waals surface area contributed by atoms with Crippen LogP contribution in [0.2, 0.25) is 0 Å². The van der Waals surface area contributed by atoms with Crippen molar-refractivity contribution < 1.29 is 9.09 Å². The summed E-state index contributed by atoms with van der Waals surface area (Å²) in [5.41, 5.74) is 0. The van der Waals surface area contributed by atoms with E-state index in [0.29, 0.717) is 6.61 Å². The summed E-state index contributed by atoms with van der Waals surface area (Å²) in [4.78, 5) is 0. The van der Waals surface area contributed by atoms with E-state index in [0.717, 1.165) is 6.42 Å². The fourth-order valence-electron chi connectivity index (χ4n) is 2.49. The summed E-state index contributed by atoms with van der Waals surface area (Å²) in [6.45, 7) is 4.57. The van der Waals surface area contributed by atoms with Crippen LogP contribution in [0.25, 0.3) is 0 Å². The molecular weight excluding hydrogens is 267 g/mol. The predicted octanol–water partition coefficient (Wildman–Crippen LogP) is 6.86. The van der Waals surface area contributed by atoms with E-state index in [-0.39, 0.29) is 0 Å². The molecule has 0 bridgehead atoms. The first kappa shape index (κ1) is 20.1. The lowest BCUT2D eigenvalue weighted by Gasteiger charge is -2.02. The zero-order valence-corrected chi connectivity index (χ0v) is 14.8. The standard InChI is InChI=1S/C17H36O2P/c1-3-4-5-6-7-8-9-10-11-12-13-14-15-16-17-19-20(2)18/h3-17H2,1-2H3/q+1. The topological polar surface area (TPSA) is 26.3 Å². The zero-order valence-electron chi connectivity index (χ0n) is 13.9. The van der Waals surface area contributed by atoms with Gasteiger partial charge in [-0.2, -0.15) is 0 Å². The Labute approximate surface area is 127 Å². The van der Waals surface area contributed by atoms with Gasteiger partial charge in [0.2, 0.25) is 0 Å². The minimum atomic E-state index is -1.39. The minimum Gasteiger partial charge on any atom is -0.147 e. The Morgan fingerprint density at radius 1 is 0.650 bits per heavy atom. The van der Waals surface area contributed by atoms with Crippen LogP contribution < -0.4 is 0 Å². The van der Waals surface area contributed by atoms with Gasteiger partial charge in [-0.3, -0.25) is 0 Å². The Morgan fingerprint density at radius 3 is 1.35 bits per heavy atom. The van der Waals surface area contributed by atoms with Crippen molar-refractivity contribution in [2.45, 2.75) is 96.8 Å². The van der Waals surface area contributed by atoms with Crippen LogP contribution in [0.1, 0.15) is 96.8 Å². The van der Waals surface area contributed by atoms with Crippen LogP contribution in [0, 0.1) is 0 Å². The lowest BCUT2D eigenvalue weighted by molar-refractivity contribution is 0.318. The molecule has 0 radical (unpaired) electrons. The van der Waals surface area contributed by atoms with Gasteiger partial charge < -0.3 is 0 Å². The highest BCUT2D eigenvalue weighted by Gasteiger charge is 2.04.